The molecule has 0 bridgehead atoms. The lowest BCUT2D eigenvalue weighted by atomic mass is 10.2. The molecule has 0 unspecified atom stereocenters. The molecule has 0 radical (unpaired) electrons. The number of nitrogens with two attached hydrogens (primary N) is 2. The molecular formula is C9H11N5. The molecule has 0 aliphatic heterocycles. The molecule has 2 aromatic rings. The van der Waals surface area contributed by atoms with Gasteiger partial charge in [-0.3, -0.25) is 0 Å². The molecule has 0 atom stereocenters. The van der Waals surface area contributed by atoms with Gasteiger partial charge in [-0.2, -0.15) is 9.67 Å². The Morgan fingerprint density at radius 1 is 1.21 bits per heavy atom. The fourth-order valence-electron chi connectivity index (χ4n) is 1.32. The first-order valence-corrected chi connectivity index (χ1v) is 4.22. The second-order valence-corrected chi connectivity index (χ2v) is 3.03. The van der Waals surface area contributed by atoms with Crippen LogP contribution in [0.25, 0.3) is 5.69 Å². The Morgan fingerprint density at radius 2 is 1.93 bits per heavy atom. The van der Waals surface area contributed by atoms with Gasteiger partial charge in [0.05, 0.1) is 5.69 Å². The van der Waals surface area contributed by atoms with Crippen LogP contribution >= 0.6 is 0 Å². The minimum atomic E-state index is 0.186. The summed E-state index contributed by atoms with van der Waals surface area (Å²) in [6.45, 7) is 1.98. The first-order valence-electron chi connectivity index (χ1n) is 4.22. The van der Waals surface area contributed by atoms with Crippen LogP contribution in [0.15, 0.2) is 24.3 Å². The van der Waals surface area contributed by atoms with E-state index in [0.717, 1.165) is 11.3 Å². The normalized spacial score (nSPS) is 10.4. The summed E-state index contributed by atoms with van der Waals surface area (Å²) in [6.07, 6.45) is 0. The predicted molar refractivity (Wildman–Crippen MR) is 54.9 cm³/mol. The average molecular weight is 189 g/mol. The molecule has 0 saturated carbocycles. The lowest BCUT2D eigenvalue weighted by Crippen LogP contribution is -2.03. The van der Waals surface area contributed by atoms with E-state index in [4.69, 9.17) is 11.5 Å². The highest BCUT2D eigenvalue weighted by molar-refractivity contribution is 5.45. The molecule has 72 valence electrons. The van der Waals surface area contributed by atoms with Crippen molar-refractivity contribution in [1.82, 2.24) is 14.8 Å². The van der Waals surface area contributed by atoms with Crippen LogP contribution in [0.1, 0.15) is 5.56 Å². The first kappa shape index (κ1) is 8.55. The number of aryl methyl sites for hydroxylation is 1. The van der Waals surface area contributed by atoms with Gasteiger partial charge in [-0.05, 0) is 18.6 Å². The van der Waals surface area contributed by atoms with Crippen LogP contribution in [0.2, 0.25) is 0 Å². The Kier molecular flexibility index (Phi) is 1.85. The first-order chi connectivity index (χ1) is 6.68. The maximum Gasteiger partial charge on any atom is 0.241 e. The summed E-state index contributed by atoms with van der Waals surface area (Å²) in [5.41, 5.74) is 13.1. The van der Waals surface area contributed by atoms with E-state index >= 15 is 0 Å². The van der Waals surface area contributed by atoms with E-state index in [2.05, 4.69) is 10.1 Å². The third-order valence-corrected chi connectivity index (χ3v) is 1.99. The summed E-state index contributed by atoms with van der Waals surface area (Å²) in [5.74, 6) is 0.488. The van der Waals surface area contributed by atoms with E-state index in [0.29, 0.717) is 5.95 Å². The van der Waals surface area contributed by atoms with Crippen molar-refractivity contribution in [2.45, 2.75) is 6.92 Å². The highest BCUT2D eigenvalue weighted by Crippen LogP contribution is 2.15. The molecule has 0 aliphatic rings. The molecule has 0 aliphatic carbocycles. The van der Waals surface area contributed by atoms with Crippen LogP contribution < -0.4 is 11.5 Å². The van der Waals surface area contributed by atoms with Gasteiger partial charge in [0, 0.05) is 0 Å². The zero-order chi connectivity index (χ0) is 10.1. The molecule has 0 amide bonds. The minimum Gasteiger partial charge on any atom is -0.368 e. The second kappa shape index (κ2) is 3.02. The van der Waals surface area contributed by atoms with Crippen molar-refractivity contribution in [2.24, 2.45) is 0 Å². The average Bonchev–Trinajstić information content (AvgIpc) is 2.46. The number of hydrogen-bond acceptors (Lipinski definition) is 4. The number of nitrogen functional groups attached to an aromatic ring is 2. The zero-order valence-corrected chi connectivity index (χ0v) is 7.81. The monoisotopic (exact) mass is 189 g/mol. The lowest BCUT2D eigenvalue weighted by molar-refractivity contribution is 0.887. The third kappa shape index (κ3) is 1.28. The van der Waals surface area contributed by atoms with Crippen LogP contribution in [0, 0.1) is 6.92 Å². The maximum absolute atomic E-state index is 5.65. The van der Waals surface area contributed by atoms with E-state index in [-0.39, 0.29) is 5.95 Å². The third-order valence-electron chi connectivity index (χ3n) is 1.99. The standard InChI is InChI=1S/C9H11N5/c1-6-4-2-3-5-7(6)14-9(11)12-8(10)13-14/h2-5H,1H3,(H4,10,11,12,13). The van der Waals surface area contributed by atoms with Crippen LogP contribution in [-0.2, 0) is 0 Å². The van der Waals surface area contributed by atoms with Gasteiger partial charge >= 0.3 is 0 Å². The van der Waals surface area contributed by atoms with Crippen molar-refractivity contribution in [3.63, 3.8) is 0 Å². The number of benzene rings is 1. The number of aromatic nitrogens is 3. The Balaban J connectivity index is 2.60. The Bertz CT molecular complexity index is 460. The van der Waals surface area contributed by atoms with Crippen molar-refractivity contribution in [3.8, 4) is 5.69 Å². The van der Waals surface area contributed by atoms with Crippen LogP contribution in [0.4, 0.5) is 11.9 Å². The van der Waals surface area contributed by atoms with Crippen molar-refractivity contribution in [1.29, 1.82) is 0 Å². The van der Waals surface area contributed by atoms with Crippen LogP contribution in [0.3, 0.4) is 0 Å². The van der Waals surface area contributed by atoms with Gasteiger partial charge in [0.1, 0.15) is 0 Å². The highest BCUT2D eigenvalue weighted by atomic mass is 15.4. The number of hydrogen-bond donors (Lipinski definition) is 2. The molecule has 1 aromatic heterocycles. The highest BCUT2D eigenvalue weighted by Gasteiger charge is 2.07. The zero-order valence-electron chi connectivity index (χ0n) is 7.81. The molecule has 14 heavy (non-hydrogen) atoms. The van der Waals surface area contributed by atoms with Gasteiger partial charge < -0.3 is 11.5 Å². The van der Waals surface area contributed by atoms with E-state index < -0.39 is 0 Å². The van der Waals surface area contributed by atoms with Crippen molar-refractivity contribution in [3.05, 3.63) is 29.8 Å². The van der Waals surface area contributed by atoms with E-state index in [1.54, 1.807) is 0 Å². The Morgan fingerprint density at radius 3 is 2.50 bits per heavy atom. The van der Waals surface area contributed by atoms with Gasteiger partial charge in [0.15, 0.2) is 0 Å². The SMILES string of the molecule is Cc1ccccc1-n1nc(N)nc1N. The predicted octanol–water partition coefficient (Wildman–Crippen LogP) is 0.740. The topological polar surface area (TPSA) is 82.8 Å². The number of anilines is 2. The fourth-order valence-corrected chi connectivity index (χ4v) is 1.32. The van der Waals surface area contributed by atoms with E-state index in [9.17, 15) is 0 Å². The van der Waals surface area contributed by atoms with E-state index in [1.807, 2.05) is 31.2 Å². The van der Waals surface area contributed by atoms with Crippen LogP contribution in [0.5, 0.6) is 0 Å². The van der Waals surface area contributed by atoms with Gasteiger partial charge in [0.2, 0.25) is 11.9 Å². The van der Waals surface area contributed by atoms with Gasteiger partial charge in [-0.1, -0.05) is 18.2 Å². The van der Waals surface area contributed by atoms with Crippen molar-refractivity contribution < 1.29 is 0 Å². The summed E-state index contributed by atoms with van der Waals surface area (Å²) < 4.78 is 1.53. The molecule has 0 fully saturated rings. The second-order valence-electron chi connectivity index (χ2n) is 3.03. The molecule has 1 heterocycles. The molecule has 5 nitrogen and oxygen atoms in total. The van der Waals surface area contributed by atoms with Crippen molar-refractivity contribution >= 4 is 11.9 Å². The van der Waals surface area contributed by atoms with Crippen molar-refractivity contribution in [2.75, 3.05) is 11.5 Å². The smallest absolute Gasteiger partial charge is 0.241 e. The lowest BCUT2D eigenvalue weighted by Gasteiger charge is -2.04. The number of para-hydroxylation sites is 1. The Labute approximate surface area is 81.4 Å². The molecule has 4 N–H and O–H groups in total. The minimum absolute atomic E-state index is 0.186. The number of rotatable bonds is 1. The molecule has 1 aromatic carbocycles. The summed E-state index contributed by atoms with van der Waals surface area (Å²) in [6, 6.07) is 7.77. The summed E-state index contributed by atoms with van der Waals surface area (Å²) in [4.78, 5) is 3.84. The maximum atomic E-state index is 5.65. The summed E-state index contributed by atoms with van der Waals surface area (Å²) >= 11 is 0. The quantitative estimate of drug-likeness (QED) is 0.693. The fraction of sp³-hybridized carbons (Fsp3) is 0.111. The van der Waals surface area contributed by atoms with Gasteiger partial charge in [-0.15, -0.1) is 5.10 Å². The van der Waals surface area contributed by atoms with Gasteiger partial charge in [-0.25, -0.2) is 0 Å². The summed E-state index contributed by atoms with van der Waals surface area (Å²) in [7, 11) is 0. The summed E-state index contributed by atoms with van der Waals surface area (Å²) in [5, 5.41) is 4.00. The molecule has 2 rings (SSSR count). The largest absolute Gasteiger partial charge is 0.368 e. The molecule has 5 heteroatoms. The molecule has 0 spiro atoms. The number of nitrogens with zero attached hydrogens (tertiary/aromatic N) is 3. The van der Waals surface area contributed by atoms with Crippen LogP contribution in [-0.4, -0.2) is 14.8 Å². The van der Waals surface area contributed by atoms with Gasteiger partial charge in [0.25, 0.3) is 0 Å². The molecular weight excluding hydrogens is 178 g/mol. The Hall–Kier alpha value is -2.04. The van der Waals surface area contributed by atoms with E-state index in [1.165, 1.54) is 4.68 Å². The molecule has 0 saturated heterocycles.